The molecule has 0 saturated heterocycles. The van der Waals surface area contributed by atoms with E-state index in [4.69, 9.17) is 10.5 Å². The number of carbonyl (C=O) groups is 1. The van der Waals surface area contributed by atoms with Crippen LogP contribution in [0.4, 0.5) is 5.69 Å². The van der Waals surface area contributed by atoms with Crippen molar-refractivity contribution in [2.75, 3.05) is 11.9 Å². The average molecular weight is 327 g/mol. The SMILES string of the molecule is NC1CCCCC1OCC(=O)Nc1ccc(Br)cc1. The molecule has 1 aliphatic rings. The number of nitrogens with one attached hydrogen (secondary N) is 1. The maximum absolute atomic E-state index is 11.8. The van der Waals surface area contributed by atoms with Gasteiger partial charge in [0.05, 0.1) is 6.10 Å². The number of rotatable bonds is 4. The van der Waals surface area contributed by atoms with E-state index in [1.165, 1.54) is 0 Å². The number of amides is 1. The zero-order valence-electron chi connectivity index (χ0n) is 10.8. The Balaban J connectivity index is 1.76. The lowest BCUT2D eigenvalue weighted by Crippen LogP contribution is -2.40. The average Bonchev–Trinajstić information content (AvgIpc) is 2.40. The second-order valence-electron chi connectivity index (χ2n) is 4.85. The third-order valence-electron chi connectivity index (χ3n) is 3.31. The molecule has 1 aromatic rings. The number of halogens is 1. The van der Waals surface area contributed by atoms with E-state index in [1.807, 2.05) is 24.3 Å². The number of anilines is 1. The minimum Gasteiger partial charge on any atom is -0.367 e. The summed E-state index contributed by atoms with van der Waals surface area (Å²) in [7, 11) is 0. The van der Waals surface area contributed by atoms with Crippen molar-refractivity contribution in [2.24, 2.45) is 5.73 Å². The van der Waals surface area contributed by atoms with Gasteiger partial charge >= 0.3 is 0 Å². The van der Waals surface area contributed by atoms with Crippen LogP contribution in [0, 0.1) is 0 Å². The van der Waals surface area contributed by atoms with Gasteiger partial charge in [-0.3, -0.25) is 4.79 Å². The molecule has 1 amide bonds. The standard InChI is InChI=1S/C14H19BrN2O2/c15-10-5-7-11(8-6-10)17-14(18)9-19-13-4-2-1-3-12(13)16/h5-8,12-13H,1-4,9,16H2,(H,17,18). The quantitative estimate of drug-likeness (QED) is 0.894. The van der Waals surface area contributed by atoms with Crippen molar-refractivity contribution in [1.29, 1.82) is 0 Å². The molecule has 1 saturated carbocycles. The Hall–Kier alpha value is -0.910. The van der Waals surface area contributed by atoms with Gasteiger partial charge in [0.1, 0.15) is 6.61 Å². The number of ether oxygens (including phenoxy) is 1. The van der Waals surface area contributed by atoms with Crippen LogP contribution in [0.5, 0.6) is 0 Å². The Morgan fingerprint density at radius 1 is 1.32 bits per heavy atom. The molecule has 19 heavy (non-hydrogen) atoms. The summed E-state index contributed by atoms with van der Waals surface area (Å²) in [5.74, 6) is -0.139. The Morgan fingerprint density at radius 3 is 2.68 bits per heavy atom. The fraction of sp³-hybridized carbons (Fsp3) is 0.500. The molecule has 0 heterocycles. The van der Waals surface area contributed by atoms with E-state index in [0.717, 1.165) is 35.8 Å². The molecule has 0 radical (unpaired) electrons. The highest BCUT2D eigenvalue weighted by atomic mass is 79.9. The summed E-state index contributed by atoms with van der Waals surface area (Å²) in [6, 6.07) is 7.51. The molecule has 104 valence electrons. The van der Waals surface area contributed by atoms with Crippen LogP contribution in [0.2, 0.25) is 0 Å². The molecule has 4 nitrogen and oxygen atoms in total. The molecular weight excluding hydrogens is 308 g/mol. The molecular formula is C14H19BrN2O2. The van der Waals surface area contributed by atoms with Gasteiger partial charge in [-0.05, 0) is 37.1 Å². The van der Waals surface area contributed by atoms with Crippen molar-refractivity contribution >= 4 is 27.5 Å². The predicted molar refractivity (Wildman–Crippen MR) is 79.0 cm³/mol. The Morgan fingerprint density at radius 2 is 2.00 bits per heavy atom. The second-order valence-corrected chi connectivity index (χ2v) is 5.77. The van der Waals surface area contributed by atoms with Crippen molar-refractivity contribution in [1.82, 2.24) is 0 Å². The van der Waals surface area contributed by atoms with Crippen LogP contribution in [0.25, 0.3) is 0 Å². The van der Waals surface area contributed by atoms with Gasteiger partial charge in [0, 0.05) is 16.2 Å². The smallest absolute Gasteiger partial charge is 0.250 e. The highest BCUT2D eigenvalue weighted by Crippen LogP contribution is 2.19. The van der Waals surface area contributed by atoms with Gasteiger partial charge in [-0.15, -0.1) is 0 Å². The van der Waals surface area contributed by atoms with E-state index in [9.17, 15) is 4.79 Å². The lowest BCUT2D eigenvalue weighted by molar-refractivity contribution is -0.123. The van der Waals surface area contributed by atoms with Gasteiger partial charge in [-0.25, -0.2) is 0 Å². The van der Waals surface area contributed by atoms with Crippen molar-refractivity contribution in [3.8, 4) is 0 Å². The molecule has 2 atom stereocenters. The maximum atomic E-state index is 11.8. The fourth-order valence-corrected chi connectivity index (χ4v) is 2.51. The molecule has 0 spiro atoms. The summed E-state index contributed by atoms with van der Waals surface area (Å²) in [6.07, 6.45) is 4.24. The molecule has 2 unspecified atom stereocenters. The Kier molecular flexibility index (Phi) is 5.36. The van der Waals surface area contributed by atoms with Gasteiger partial charge in [-0.1, -0.05) is 28.8 Å². The lowest BCUT2D eigenvalue weighted by Gasteiger charge is -2.28. The molecule has 2 rings (SSSR count). The first-order valence-electron chi connectivity index (χ1n) is 6.58. The molecule has 0 aliphatic heterocycles. The molecule has 5 heteroatoms. The minimum absolute atomic E-state index is 0.0180. The van der Waals surface area contributed by atoms with Gasteiger partial charge in [0.15, 0.2) is 0 Å². The zero-order chi connectivity index (χ0) is 13.7. The fourth-order valence-electron chi connectivity index (χ4n) is 2.25. The molecule has 1 aliphatic carbocycles. The topological polar surface area (TPSA) is 64.3 Å². The van der Waals surface area contributed by atoms with E-state index in [2.05, 4.69) is 21.2 Å². The third-order valence-corrected chi connectivity index (χ3v) is 3.84. The van der Waals surface area contributed by atoms with Gasteiger partial charge in [0.25, 0.3) is 0 Å². The van der Waals surface area contributed by atoms with Crippen molar-refractivity contribution in [3.63, 3.8) is 0 Å². The first-order chi connectivity index (χ1) is 9.15. The number of nitrogens with two attached hydrogens (primary N) is 1. The number of benzene rings is 1. The lowest BCUT2D eigenvalue weighted by atomic mass is 9.93. The van der Waals surface area contributed by atoms with Crippen molar-refractivity contribution in [3.05, 3.63) is 28.7 Å². The monoisotopic (exact) mass is 326 g/mol. The Bertz CT molecular complexity index is 422. The minimum atomic E-state index is -0.139. The first-order valence-corrected chi connectivity index (χ1v) is 7.37. The predicted octanol–water partition coefficient (Wildman–Crippen LogP) is 2.67. The summed E-state index contributed by atoms with van der Waals surface area (Å²) in [6.45, 7) is 0.0639. The van der Waals surface area contributed by atoms with E-state index >= 15 is 0 Å². The van der Waals surface area contributed by atoms with Crippen LogP contribution >= 0.6 is 15.9 Å². The van der Waals surface area contributed by atoms with Crippen LogP contribution < -0.4 is 11.1 Å². The van der Waals surface area contributed by atoms with Gasteiger partial charge in [0.2, 0.25) is 5.91 Å². The van der Waals surface area contributed by atoms with E-state index < -0.39 is 0 Å². The molecule has 1 aromatic carbocycles. The second kappa shape index (κ2) is 7.03. The highest BCUT2D eigenvalue weighted by molar-refractivity contribution is 9.10. The number of carbonyl (C=O) groups excluding carboxylic acids is 1. The Labute approximate surface area is 121 Å². The molecule has 1 fully saturated rings. The van der Waals surface area contributed by atoms with E-state index in [0.29, 0.717) is 0 Å². The molecule has 3 N–H and O–H groups in total. The van der Waals surface area contributed by atoms with Gasteiger partial charge < -0.3 is 15.8 Å². The van der Waals surface area contributed by atoms with Crippen molar-refractivity contribution < 1.29 is 9.53 Å². The highest BCUT2D eigenvalue weighted by Gasteiger charge is 2.22. The summed E-state index contributed by atoms with van der Waals surface area (Å²) < 4.78 is 6.59. The van der Waals surface area contributed by atoms with Crippen LogP contribution in [0.15, 0.2) is 28.7 Å². The first kappa shape index (κ1) is 14.5. The molecule has 0 bridgehead atoms. The largest absolute Gasteiger partial charge is 0.367 e. The van der Waals surface area contributed by atoms with Crippen LogP contribution in [0.3, 0.4) is 0 Å². The summed E-state index contributed by atoms with van der Waals surface area (Å²) in [5.41, 5.74) is 6.74. The number of hydrogen-bond acceptors (Lipinski definition) is 3. The summed E-state index contributed by atoms with van der Waals surface area (Å²) in [4.78, 5) is 11.8. The summed E-state index contributed by atoms with van der Waals surface area (Å²) in [5, 5.41) is 2.80. The third kappa shape index (κ3) is 4.60. The maximum Gasteiger partial charge on any atom is 0.250 e. The number of hydrogen-bond donors (Lipinski definition) is 2. The molecule has 0 aromatic heterocycles. The summed E-state index contributed by atoms with van der Waals surface area (Å²) >= 11 is 3.35. The van der Waals surface area contributed by atoms with Crippen LogP contribution in [0.1, 0.15) is 25.7 Å². The van der Waals surface area contributed by atoms with Crippen LogP contribution in [-0.4, -0.2) is 24.7 Å². The van der Waals surface area contributed by atoms with Crippen LogP contribution in [-0.2, 0) is 9.53 Å². The van der Waals surface area contributed by atoms with Gasteiger partial charge in [-0.2, -0.15) is 0 Å². The normalized spacial score (nSPS) is 23.1. The van der Waals surface area contributed by atoms with E-state index in [-0.39, 0.29) is 24.7 Å². The van der Waals surface area contributed by atoms with Crippen molar-refractivity contribution in [2.45, 2.75) is 37.8 Å². The van der Waals surface area contributed by atoms with E-state index in [1.54, 1.807) is 0 Å². The zero-order valence-corrected chi connectivity index (χ0v) is 12.4.